The van der Waals surface area contributed by atoms with Crippen molar-refractivity contribution in [2.24, 2.45) is 0 Å². The third-order valence-electron chi connectivity index (χ3n) is 5.60. The topological polar surface area (TPSA) is 96.3 Å². The molecule has 2 N–H and O–H groups in total. The van der Waals surface area contributed by atoms with E-state index in [-0.39, 0.29) is 35.5 Å². The molecule has 2 aromatic rings. The minimum absolute atomic E-state index is 0.0186. The Labute approximate surface area is 188 Å². The van der Waals surface area contributed by atoms with Gasteiger partial charge in [0.25, 0.3) is 11.7 Å². The summed E-state index contributed by atoms with van der Waals surface area (Å²) in [5, 5.41) is 21.3. The minimum atomic E-state index is -0.857. The summed E-state index contributed by atoms with van der Waals surface area (Å²) in [6.45, 7) is 0.834. The lowest BCUT2D eigenvalue weighted by molar-refractivity contribution is -0.140. The van der Waals surface area contributed by atoms with E-state index in [1.54, 1.807) is 36.4 Å². The zero-order valence-corrected chi connectivity index (χ0v) is 18.5. The maximum Gasteiger partial charge on any atom is 0.295 e. The summed E-state index contributed by atoms with van der Waals surface area (Å²) in [4.78, 5) is 27.4. The number of hydrogen-bond donors (Lipinski definition) is 2. The van der Waals surface area contributed by atoms with Crippen molar-refractivity contribution < 1.29 is 29.3 Å². The molecule has 0 bridgehead atoms. The highest BCUT2D eigenvalue weighted by Gasteiger charge is 2.47. The van der Waals surface area contributed by atoms with Gasteiger partial charge in [-0.05, 0) is 42.7 Å². The molecule has 2 heterocycles. The zero-order valence-electron chi connectivity index (χ0n) is 16.9. The molecule has 0 spiro atoms. The molecule has 162 valence electrons. The average molecular weight is 488 g/mol. The van der Waals surface area contributed by atoms with Gasteiger partial charge in [-0.2, -0.15) is 0 Å². The van der Waals surface area contributed by atoms with Crippen LogP contribution in [-0.2, 0) is 14.3 Å². The van der Waals surface area contributed by atoms with Crippen LogP contribution in [0.1, 0.15) is 30.0 Å². The van der Waals surface area contributed by atoms with Crippen LogP contribution in [0.5, 0.6) is 11.5 Å². The molecule has 2 aliphatic heterocycles. The number of amides is 1. The SMILES string of the molecule is COc1ccc(C2/C(=C(/O)c3ccc(Br)cc3)C(=O)C(=O)N2CC2CCCO2)cc1O. The Morgan fingerprint density at radius 2 is 1.97 bits per heavy atom. The Balaban J connectivity index is 1.83. The van der Waals surface area contributed by atoms with Crippen molar-refractivity contribution in [2.75, 3.05) is 20.3 Å². The van der Waals surface area contributed by atoms with Gasteiger partial charge < -0.3 is 24.6 Å². The molecule has 2 aromatic carbocycles. The van der Waals surface area contributed by atoms with E-state index in [1.807, 2.05) is 0 Å². The van der Waals surface area contributed by atoms with Gasteiger partial charge in [-0.1, -0.05) is 34.1 Å². The fourth-order valence-electron chi connectivity index (χ4n) is 4.06. The number of nitrogens with zero attached hydrogens (tertiary/aromatic N) is 1. The predicted molar refractivity (Wildman–Crippen MR) is 117 cm³/mol. The number of ether oxygens (including phenoxy) is 2. The molecule has 0 saturated carbocycles. The summed E-state index contributed by atoms with van der Waals surface area (Å²) in [5.41, 5.74) is 0.894. The number of Topliss-reactive ketones (excluding diaryl/α,β-unsaturated/α-hetero) is 1. The number of carbonyl (C=O) groups excluding carboxylic acids is 2. The second kappa shape index (κ2) is 8.72. The monoisotopic (exact) mass is 487 g/mol. The molecule has 0 aliphatic carbocycles. The van der Waals surface area contributed by atoms with E-state index in [1.165, 1.54) is 18.1 Å². The van der Waals surface area contributed by atoms with Gasteiger partial charge >= 0.3 is 0 Å². The second-order valence-corrected chi connectivity index (χ2v) is 8.44. The number of methoxy groups -OCH3 is 1. The van der Waals surface area contributed by atoms with Gasteiger partial charge in [0.1, 0.15) is 5.76 Å². The summed E-state index contributed by atoms with van der Waals surface area (Å²) in [6, 6.07) is 10.6. The number of carbonyl (C=O) groups is 2. The van der Waals surface area contributed by atoms with E-state index in [0.29, 0.717) is 17.7 Å². The lowest BCUT2D eigenvalue weighted by atomic mass is 9.95. The Morgan fingerprint density at radius 1 is 1.23 bits per heavy atom. The Hall–Kier alpha value is -2.84. The first-order valence-corrected chi connectivity index (χ1v) is 10.7. The van der Waals surface area contributed by atoms with Crippen molar-refractivity contribution in [3.63, 3.8) is 0 Å². The molecule has 31 heavy (non-hydrogen) atoms. The van der Waals surface area contributed by atoms with Gasteiger partial charge in [-0.15, -0.1) is 0 Å². The number of halogens is 1. The molecule has 4 rings (SSSR count). The van der Waals surface area contributed by atoms with Crippen LogP contribution in [-0.4, -0.2) is 53.2 Å². The second-order valence-electron chi connectivity index (χ2n) is 7.52. The molecule has 2 atom stereocenters. The van der Waals surface area contributed by atoms with Crippen LogP contribution >= 0.6 is 15.9 Å². The predicted octanol–water partition coefficient (Wildman–Crippen LogP) is 3.76. The number of aromatic hydroxyl groups is 1. The maximum absolute atomic E-state index is 13.0. The van der Waals surface area contributed by atoms with Gasteiger partial charge in [-0.3, -0.25) is 9.59 Å². The summed E-state index contributed by atoms with van der Waals surface area (Å²) < 4.78 is 11.6. The molecule has 1 amide bonds. The molecule has 2 unspecified atom stereocenters. The van der Waals surface area contributed by atoms with Gasteiger partial charge in [0.05, 0.1) is 24.8 Å². The van der Waals surface area contributed by atoms with Crippen LogP contribution in [0.3, 0.4) is 0 Å². The number of phenols is 1. The number of hydrogen-bond acceptors (Lipinski definition) is 6. The number of rotatable bonds is 5. The van der Waals surface area contributed by atoms with Crippen molar-refractivity contribution in [2.45, 2.75) is 25.0 Å². The lowest BCUT2D eigenvalue weighted by Crippen LogP contribution is -2.36. The van der Waals surface area contributed by atoms with E-state index in [0.717, 1.165) is 17.3 Å². The lowest BCUT2D eigenvalue weighted by Gasteiger charge is -2.27. The molecular formula is C23H22BrNO6. The van der Waals surface area contributed by atoms with E-state index < -0.39 is 17.7 Å². The number of benzene rings is 2. The van der Waals surface area contributed by atoms with Crippen LogP contribution in [0, 0.1) is 0 Å². The van der Waals surface area contributed by atoms with Gasteiger partial charge in [-0.25, -0.2) is 0 Å². The van der Waals surface area contributed by atoms with Crippen LogP contribution < -0.4 is 4.74 Å². The molecule has 2 saturated heterocycles. The van der Waals surface area contributed by atoms with Gasteiger partial charge in [0.2, 0.25) is 0 Å². The largest absolute Gasteiger partial charge is 0.507 e. The number of aliphatic hydroxyl groups excluding tert-OH is 1. The zero-order chi connectivity index (χ0) is 22.1. The van der Waals surface area contributed by atoms with E-state index in [2.05, 4.69) is 15.9 Å². The molecule has 2 fully saturated rings. The van der Waals surface area contributed by atoms with Gasteiger partial charge in [0.15, 0.2) is 11.5 Å². The van der Waals surface area contributed by atoms with Crippen LogP contribution in [0.15, 0.2) is 52.5 Å². The first-order chi connectivity index (χ1) is 14.9. The van der Waals surface area contributed by atoms with Crippen molar-refractivity contribution in [3.05, 3.63) is 63.6 Å². The normalized spacial score (nSPS) is 22.8. The van der Waals surface area contributed by atoms with Crippen molar-refractivity contribution in [1.82, 2.24) is 4.90 Å². The molecule has 0 radical (unpaired) electrons. The third-order valence-corrected chi connectivity index (χ3v) is 6.13. The number of aliphatic hydroxyl groups is 1. The third kappa shape index (κ3) is 4.05. The summed E-state index contributed by atoms with van der Waals surface area (Å²) in [7, 11) is 1.44. The number of ketones is 1. The molecule has 2 aliphatic rings. The fraction of sp³-hybridized carbons (Fsp3) is 0.304. The average Bonchev–Trinajstić information content (AvgIpc) is 3.36. The highest BCUT2D eigenvalue weighted by Crippen LogP contribution is 2.42. The van der Waals surface area contributed by atoms with Crippen LogP contribution in [0.25, 0.3) is 5.76 Å². The summed E-state index contributed by atoms with van der Waals surface area (Å²) in [5.74, 6) is -1.58. The van der Waals surface area contributed by atoms with E-state index in [4.69, 9.17) is 9.47 Å². The first-order valence-electron chi connectivity index (χ1n) is 9.93. The van der Waals surface area contributed by atoms with E-state index >= 15 is 0 Å². The molecule has 0 aromatic heterocycles. The number of likely N-dealkylation sites (tertiary alicyclic amines) is 1. The maximum atomic E-state index is 13.0. The van der Waals surface area contributed by atoms with Crippen molar-refractivity contribution >= 4 is 33.4 Å². The Morgan fingerprint density at radius 3 is 2.58 bits per heavy atom. The smallest absolute Gasteiger partial charge is 0.295 e. The van der Waals surface area contributed by atoms with Crippen LogP contribution in [0.2, 0.25) is 0 Å². The molecular weight excluding hydrogens is 466 g/mol. The molecule has 7 nitrogen and oxygen atoms in total. The molecule has 8 heteroatoms. The highest BCUT2D eigenvalue weighted by molar-refractivity contribution is 9.10. The number of phenolic OH excluding ortho intramolecular Hbond substituents is 1. The Kier molecular flexibility index (Phi) is 6.02. The van der Waals surface area contributed by atoms with Crippen molar-refractivity contribution in [3.8, 4) is 11.5 Å². The first kappa shape index (κ1) is 21.4. The minimum Gasteiger partial charge on any atom is -0.507 e. The van der Waals surface area contributed by atoms with Crippen molar-refractivity contribution in [1.29, 1.82) is 0 Å². The van der Waals surface area contributed by atoms with Gasteiger partial charge in [0, 0.05) is 23.2 Å². The highest BCUT2D eigenvalue weighted by atomic mass is 79.9. The van der Waals surface area contributed by atoms with E-state index in [9.17, 15) is 19.8 Å². The summed E-state index contributed by atoms with van der Waals surface area (Å²) >= 11 is 3.35. The Bertz CT molecular complexity index is 1040. The summed E-state index contributed by atoms with van der Waals surface area (Å²) in [6.07, 6.45) is 1.50. The fourth-order valence-corrected chi connectivity index (χ4v) is 4.33. The van der Waals surface area contributed by atoms with Crippen LogP contribution in [0.4, 0.5) is 0 Å². The standard InChI is InChI=1S/C23H22BrNO6/c1-30-18-9-6-14(11-17(18)26)20-19(21(27)13-4-7-15(24)8-5-13)22(28)23(29)25(20)12-16-3-2-10-31-16/h4-9,11,16,20,26-27H,2-3,10,12H2,1H3/b21-19-. The quantitative estimate of drug-likeness (QED) is 0.378.